The summed E-state index contributed by atoms with van der Waals surface area (Å²) in [6.07, 6.45) is -2.85. The number of pyridine rings is 1. The van der Waals surface area contributed by atoms with Crippen molar-refractivity contribution in [2.75, 3.05) is 7.11 Å². The average Bonchev–Trinajstić information content (AvgIpc) is 2.16. The number of nitrogens with zero attached hydrogens (tertiary/aromatic N) is 1. The van der Waals surface area contributed by atoms with Gasteiger partial charge in [-0.05, 0) is 40.3 Å². The van der Waals surface area contributed by atoms with E-state index in [1.807, 2.05) is 0 Å². The highest BCUT2D eigenvalue weighted by Crippen LogP contribution is 2.28. The van der Waals surface area contributed by atoms with E-state index in [9.17, 15) is 13.6 Å². The highest BCUT2D eigenvalue weighted by atomic mass is 127. The molecule has 0 fully saturated rings. The molecule has 0 aromatic carbocycles. The molecule has 0 spiro atoms. The molecule has 1 aromatic heterocycles. The number of hydrogen-bond acceptors (Lipinski definition) is 3. The first-order chi connectivity index (χ1) is 6.97. The number of aromatic nitrogens is 1. The van der Waals surface area contributed by atoms with Crippen LogP contribution in [-0.4, -0.2) is 17.3 Å². The van der Waals surface area contributed by atoms with Gasteiger partial charge in [0.25, 0.3) is 11.7 Å². The van der Waals surface area contributed by atoms with E-state index in [0.717, 1.165) is 6.07 Å². The molecule has 0 aliphatic carbocycles. The summed E-state index contributed by atoms with van der Waals surface area (Å²) >= 11 is 6.90. The van der Waals surface area contributed by atoms with Crippen molar-refractivity contribution in [2.24, 2.45) is 0 Å². The van der Waals surface area contributed by atoms with Crippen molar-refractivity contribution in [3.8, 4) is 5.75 Å². The first-order valence-corrected chi connectivity index (χ1v) is 5.15. The minimum absolute atomic E-state index is 0.240. The molecule has 0 amide bonds. The summed E-state index contributed by atoms with van der Waals surface area (Å²) in [5, 5.41) is -0.979. The number of carbonyl (C=O) groups is 1. The smallest absolute Gasteiger partial charge is 0.281 e. The van der Waals surface area contributed by atoms with Crippen LogP contribution in [0.1, 0.15) is 22.5 Å². The van der Waals surface area contributed by atoms with Crippen molar-refractivity contribution >= 4 is 39.4 Å². The topological polar surface area (TPSA) is 39.2 Å². The van der Waals surface area contributed by atoms with E-state index in [4.69, 9.17) is 16.3 Å². The fraction of sp³-hybridized carbons (Fsp3) is 0.250. The van der Waals surface area contributed by atoms with E-state index < -0.39 is 17.4 Å². The van der Waals surface area contributed by atoms with Gasteiger partial charge in [0.1, 0.15) is 9.39 Å². The third-order valence-corrected chi connectivity index (χ3v) is 2.59. The number of rotatable bonds is 3. The molecule has 0 N–H and O–H groups in total. The van der Waals surface area contributed by atoms with Gasteiger partial charge in [-0.15, -0.1) is 0 Å². The van der Waals surface area contributed by atoms with Crippen LogP contribution in [0, 0.1) is 3.70 Å². The van der Waals surface area contributed by atoms with Crippen LogP contribution >= 0.6 is 34.2 Å². The first-order valence-electron chi connectivity index (χ1n) is 3.69. The first kappa shape index (κ1) is 12.6. The van der Waals surface area contributed by atoms with Crippen LogP contribution in [0.3, 0.4) is 0 Å². The van der Waals surface area contributed by atoms with Crippen LogP contribution < -0.4 is 4.74 Å². The Bertz CT molecular complexity index is 400. The van der Waals surface area contributed by atoms with E-state index in [-0.39, 0.29) is 15.0 Å². The molecule has 0 bridgehead atoms. The number of alkyl halides is 2. The van der Waals surface area contributed by atoms with E-state index in [1.54, 1.807) is 22.6 Å². The fourth-order valence-corrected chi connectivity index (χ4v) is 1.74. The van der Waals surface area contributed by atoms with Crippen molar-refractivity contribution in [1.29, 1.82) is 0 Å². The zero-order valence-corrected chi connectivity index (χ0v) is 10.3. The normalized spacial score (nSPS) is 10.5. The summed E-state index contributed by atoms with van der Waals surface area (Å²) in [5.41, 5.74) is -0.955. The maximum Gasteiger partial charge on any atom is 0.281 e. The lowest BCUT2D eigenvalue weighted by atomic mass is 10.2. The lowest BCUT2D eigenvalue weighted by molar-refractivity contribution is 0.106. The van der Waals surface area contributed by atoms with Crippen molar-refractivity contribution < 1.29 is 18.3 Å². The lowest BCUT2D eigenvalue weighted by Crippen LogP contribution is -2.05. The van der Waals surface area contributed by atoms with E-state index in [0.29, 0.717) is 0 Å². The Kier molecular flexibility index (Phi) is 4.21. The maximum atomic E-state index is 12.5. The van der Waals surface area contributed by atoms with Crippen molar-refractivity contribution in [3.63, 3.8) is 0 Å². The van der Waals surface area contributed by atoms with Gasteiger partial charge in [-0.3, -0.25) is 4.79 Å². The summed E-state index contributed by atoms with van der Waals surface area (Å²) in [7, 11) is 1.35. The Morgan fingerprint density at radius 1 is 1.67 bits per heavy atom. The molecule has 15 heavy (non-hydrogen) atoms. The molecule has 1 rings (SSSR count). The minimum Gasteiger partial charge on any atom is -0.494 e. The van der Waals surface area contributed by atoms with Crippen molar-refractivity contribution in [2.45, 2.75) is 6.43 Å². The molecular formula is C8H5ClF2INO2. The summed E-state index contributed by atoms with van der Waals surface area (Å²) in [6.45, 7) is 0. The molecule has 0 aliphatic rings. The van der Waals surface area contributed by atoms with Gasteiger partial charge < -0.3 is 4.74 Å². The Labute approximate surface area is 103 Å². The van der Waals surface area contributed by atoms with Crippen molar-refractivity contribution in [1.82, 2.24) is 4.98 Å². The van der Waals surface area contributed by atoms with Crippen LogP contribution in [0.15, 0.2) is 6.07 Å². The molecule has 3 nitrogen and oxygen atoms in total. The third-order valence-electron chi connectivity index (χ3n) is 1.61. The largest absolute Gasteiger partial charge is 0.494 e. The number of carbonyl (C=O) groups excluding carboxylic acids is 1. The van der Waals surface area contributed by atoms with Crippen LogP contribution in [0.2, 0.25) is 0 Å². The molecule has 0 atom stereocenters. The fourth-order valence-electron chi connectivity index (χ4n) is 0.953. The molecule has 0 unspecified atom stereocenters. The Morgan fingerprint density at radius 3 is 2.67 bits per heavy atom. The molecule has 0 saturated carbocycles. The second kappa shape index (κ2) is 5.02. The number of ether oxygens (including phenoxy) is 1. The van der Waals surface area contributed by atoms with Gasteiger partial charge in [-0.2, -0.15) is 0 Å². The zero-order chi connectivity index (χ0) is 11.6. The molecule has 0 aliphatic heterocycles. The number of hydrogen-bond donors (Lipinski definition) is 0. The molecule has 0 saturated heterocycles. The zero-order valence-electron chi connectivity index (χ0n) is 7.43. The monoisotopic (exact) mass is 347 g/mol. The molecule has 82 valence electrons. The van der Waals surface area contributed by atoms with E-state index in [2.05, 4.69) is 4.98 Å². The summed E-state index contributed by atoms with van der Waals surface area (Å²) in [4.78, 5) is 14.5. The highest BCUT2D eigenvalue weighted by Gasteiger charge is 2.21. The quantitative estimate of drug-likeness (QED) is 0.479. The van der Waals surface area contributed by atoms with Gasteiger partial charge >= 0.3 is 0 Å². The number of halogens is 4. The summed E-state index contributed by atoms with van der Waals surface area (Å²) in [6, 6.07) is 1.16. The second-order valence-electron chi connectivity index (χ2n) is 2.49. The molecule has 1 aromatic rings. The molecule has 7 heteroatoms. The van der Waals surface area contributed by atoms with E-state index in [1.165, 1.54) is 7.11 Å². The van der Waals surface area contributed by atoms with Gasteiger partial charge in [0.15, 0.2) is 5.75 Å². The van der Waals surface area contributed by atoms with Crippen LogP contribution in [0.25, 0.3) is 0 Å². The molecular weight excluding hydrogens is 342 g/mol. The predicted octanol–water partition coefficient (Wildman–Crippen LogP) is 3.01. The van der Waals surface area contributed by atoms with Gasteiger partial charge in [0.05, 0.1) is 12.7 Å². The average molecular weight is 347 g/mol. The van der Waals surface area contributed by atoms with E-state index >= 15 is 0 Å². The number of methoxy groups -OCH3 is 1. The Hall–Kier alpha value is -0.500. The van der Waals surface area contributed by atoms with Gasteiger partial charge in [0, 0.05) is 0 Å². The summed E-state index contributed by atoms with van der Waals surface area (Å²) in [5.74, 6) is 0.240. The standard InChI is InChI=1S/C8H5ClF2INO2/c1-15-4-2-3(6(9)14)5(7(10)11)13-8(4)12/h2,7H,1H3. The van der Waals surface area contributed by atoms with Gasteiger partial charge in [-0.25, -0.2) is 13.8 Å². The van der Waals surface area contributed by atoms with Crippen LogP contribution in [0.5, 0.6) is 5.75 Å². The lowest BCUT2D eigenvalue weighted by Gasteiger charge is -2.08. The van der Waals surface area contributed by atoms with Crippen molar-refractivity contribution in [3.05, 3.63) is 21.0 Å². The van der Waals surface area contributed by atoms with Crippen LogP contribution in [0.4, 0.5) is 8.78 Å². The van der Waals surface area contributed by atoms with Gasteiger partial charge in [-0.1, -0.05) is 0 Å². The minimum atomic E-state index is -2.85. The molecule has 1 heterocycles. The van der Waals surface area contributed by atoms with Crippen LogP contribution in [-0.2, 0) is 0 Å². The van der Waals surface area contributed by atoms with Gasteiger partial charge in [0.2, 0.25) is 0 Å². The predicted molar refractivity (Wildman–Crippen MR) is 58.6 cm³/mol. The summed E-state index contributed by atoms with van der Waals surface area (Å²) < 4.78 is 30.1. The Morgan fingerprint density at radius 2 is 2.27 bits per heavy atom. The molecule has 0 radical (unpaired) electrons. The Balaban J connectivity index is 3.39. The maximum absolute atomic E-state index is 12.5. The third kappa shape index (κ3) is 2.75. The highest BCUT2D eigenvalue weighted by molar-refractivity contribution is 14.1. The SMILES string of the molecule is COc1cc(C(=O)Cl)c(C(F)F)nc1I. The second-order valence-corrected chi connectivity index (χ2v) is 3.85.